The van der Waals surface area contributed by atoms with Gasteiger partial charge in [-0.1, -0.05) is 36.0 Å². The van der Waals surface area contributed by atoms with Gasteiger partial charge in [-0.15, -0.1) is 10.2 Å². The van der Waals surface area contributed by atoms with Gasteiger partial charge in [-0.3, -0.25) is 25.2 Å². The number of aromatic nitrogens is 4. The summed E-state index contributed by atoms with van der Waals surface area (Å²) in [6, 6.07) is 14.1. The van der Waals surface area contributed by atoms with Crippen LogP contribution in [-0.2, 0) is 23.1 Å². The molecule has 4 rings (SSSR count). The lowest BCUT2D eigenvalue weighted by Gasteiger charge is -2.09. The summed E-state index contributed by atoms with van der Waals surface area (Å²) < 4.78 is 1.72. The van der Waals surface area contributed by atoms with Crippen molar-refractivity contribution < 1.29 is 14.4 Å². The van der Waals surface area contributed by atoms with Crippen LogP contribution in [0.5, 0.6) is 0 Å². The molecule has 2 aromatic heterocycles. The predicted molar refractivity (Wildman–Crippen MR) is 124 cm³/mol. The van der Waals surface area contributed by atoms with E-state index >= 15 is 0 Å². The lowest BCUT2D eigenvalue weighted by atomic mass is 10.1. The summed E-state index contributed by atoms with van der Waals surface area (Å²) in [6.45, 7) is 0. The van der Waals surface area contributed by atoms with Gasteiger partial charge in [-0.25, -0.2) is 0 Å². The number of nitrogens with zero attached hydrogens (tertiary/aromatic N) is 3. The predicted octanol–water partition coefficient (Wildman–Crippen LogP) is 2.03. The standard InChI is InChI=1S/C22H21N7O3S/c1-29-13-24-28-22(29)33-12-20(31)25-16-6-4-5-14(9-16)21(32)27-26-19(30)10-15-11-23-18-8-3-2-7-17(15)18/h2-9,11,13,23H,10,12H2,1H3,(H,25,31)(H,26,30)(H,27,32). The van der Waals surface area contributed by atoms with Crippen LogP contribution in [0.4, 0.5) is 5.69 Å². The number of rotatable bonds is 7. The van der Waals surface area contributed by atoms with E-state index in [1.807, 2.05) is 24.3 Å². The topological polar surface area (TPSA) is 134 Å². The fraction of sp³-hybridized carbons (Fsp3) is 0.136. The highest BCUT2D eigenvalue weighted by atomic mass is 32.2. The van der Waals surface area contributed by atoms with Crippen LogP contribution < -0.4 is 16.2 Å². The number of carbonyl (C=O) groups is 3. The Bertz CT molecular complexity index is 1310. The van der Waals surface area contributed by atoms with Gasteiger partial charge in [-0.05, 0) is 29.8 Å². The van der Waals surface area contributed by atoms with Gasteiger partial charge in [0.1, 0.15) is 6.33 Å². The molecule has 0 fully saturated rings. The normalized spacial score (nSPS) is 10.7. The van der Waals surface area contributed by atoms with E-state index in [-0.39, 0.29) is 24.0 Å². The lowest BCUT2D eigenvalue weighted by Crippen LogP contribution is -2.42. The molecule has 2 heterocycles. The van der Waals surface area contributed by atoms with E-state index in [4.69, 9.17) is 0 Å². The largest absolute Gasteiger partial charge is 0.361 e. The van der Waals surface area contributed by atoms with Crippen molar-refractivity contribution in [1.82, 2.24) is 30.6 Å². The Labute approximate surface area is 193 Å². The zero-order valence-corrected chi connectivity index (χ0v) is 18.5. The summed E-state index contributed by atoms with van der Waals surface area (Å²) in [5.74, 6) is -0.940. The first-order valence-corrected chi connectivity index (χ1v) is 11.0. The average molecular weight is 464 g/mol. The molecule has 0 saturated carbocycles. The number of benzene rings is 2. The Kier molecular flexibility index (Phi) is 6.69. The summed E-state index contributed by atoms with van der Waals surface area (Å²) in [6.07, 6.45) is 3.45. The molecular formula is C22H21N7O3S. The smallest absolute Gasteiger partial charge is 0.269 e. The second-order valence-corrected chi connectivity index (χ2v) is 8.12. The fourth-order valence-electron chi connectivity index (χ4n) is 3.16. The molecule has 0 radical (unpaired) electrons. The number of aryl methyl sites for hydroxylation is 1. The van der Waals surface area contributed by atoms with Crippen molar-refractivity contribution in [2.24, 2.45) is 7.05 Å². The highest BCUT2D eigenvalue weighted by molar-refractivity contribution is 7.99. The molecule has 0 aliphatic heterocycles. The number of fused-ring (bicyclic) bond motifs is 1. The number of amides is 3. The first-order chi connectivity index (χ1) is 16.0. The number of anilines is 1. The molecule has 4 N–H and O–H groups in total. The van der Waals surface area contributed by atoms with E-state index in [1.54, 1.807) is 42.3 Å². The third-order valence-electron chi connectivity index (χ3n) is 4.75. The van der Waals surface area contributed by atoms with Crippen LogP contribution in [0.2, 0.25) is 0 Å². The molecule has 33 heavy (non-hydrogen) atoms. The van der Waals surface area contributed by atoms with E-state index in [2.05, 4.69) is 31.3 Å². The van der Waals surface area contributed by atoms with Crippen molar-refractivity contribution in [2.45, 2.75) is 11.6 Å². The van der Waals surface area contributed by atoms with Gasteiger partial charge in [0.05, 0.1) is 12.2 Å². The Morgan fingerprint density at radius 2 is 1.91 bits per heavy atom. The van der Waals surface area contributed by atoms with Gasteiger partial charge in [0.2, 0.25) is 11.8 Å². The molecule has 0 aliphatic carbocycles. The Morgan fingerprint density at radius 1 is 1.06 bits per heavy atom. The number of thioether (sulfide) groups is 1. The summed E-state index contributed by atoms with van der Waals surface area (Å²) in [4.78, 5) is 40.1. The zero-order valence-electron chi connectivity index (χ0n) is 17.7. The molecule has 0 saturated heterocycles. The third kappa shape index (κ3) is 5.57. The molecule has 0 bridgehead atoms. The quantitative estimate of drug-likeness (QED) is 0.245. The molecule has 3 amide bonds. The number of hydrogen-bond donors (Lipinski definition) is 4. The Morgan fingerprint density at radius 3 is 2.73 bits per heavy atom. The minimum Gasteiger partial charge on any atom is -0.361 e. The van der Waals surface area contributed by atoms with Crippen molar-refractivity contribution in [3.8, 4) is 0 Å². The minimum absolute atomic E-state index is 0.115. The average Bonchev–Trinajstić information content (AvgIpc) is 3.42. The molecule has 0 atom stereocenters. The van der Waals surface area contributed by atoms with E-state index < -0.39 is 5.91 Å². The highest BCUT2D eigenvalue weighted by Crippen LogP contribution is 2.18. The molecule has 4 aromatic rings. The van der Waals surface area contributed by atoms with Crippen molar-refractivity contribution in [1.29, 1.82) is 0 Å². The molecular weight excluding hydrogens is 442 g/mol. The minimum atomic E-state index is -0.494. The first kappa shape index (κ1) is 22.1. The molecule has 168 valence electrons. The molecule has 2 aromatic carbocycles. The third-order valence-corrected chi connectivity index (χ3v) is 5.79. The van der Waals surface area contributed by atoms with Gasteiger partial charge in [0.15, 0.2) is 5.16 Å². The van der Waals surface area contributed by atoms with Gasteiger partial charge >= 0.3 is 0 Å². The Balaban J connectivity index is 1.28. The number of H-pyrrole nitrogens is 1. The maximum atomic E-state index is 12.5. The van der Waals surface area contributed by atoms with Crippen LogP contribution in [-0.4, -0.2) is 43.2 Å². The fourth-order valence-corrected chi connectivity index (χ4v) is 3.85. The van der Waals surface area contributed by atoms with Gasteiger partial charge in [-0.2, -0.15) is 0 Å². The number of hydrazine groups is 1. The van der Waals surface area contributed by atoms with Gasteiger partial charge < -0.3 is 14.9 Å². The van der Waals surface area contributed by atoms with Crippen LogP contribution in [0, 0.1) is 0 Å². The monoisotopic (exact) mass is 463 g/mol. The van der Waals surface area contributed by atoms with E-state index in [0.29, 0.717) is 16.4 Å². The summed E-state index contributed by atoms with van der Waals surface area (Å²) >= 11 is 1.25. The molecule has 0 aliphatic rings. The molecule has 10 nitrogen and oxygen atoms in total. The summed E-state index contributed by atoms with van der Waals surface area (Å²) in [5, 5.41) is 12.0. The number of carbonyl (C=O) groups excluding carboxylic acids is 3. The SMILES string of the molecule is Cn1cnnc1SCC(=O)Nc1cccc(C(=O)NNC(=O)Cc2c[nH]c3ccccc23)c1. The van der Waals surface area contributed by atoms with Gasteiger partial charge in [0, 0.05) is 35.4 Å². The maximum absolute atomic E-state index is 12.5. The van der Waals surface area contributed by atoms with E-state index in [9.17, 15) is 14.4 Å². The number of para-hydroxylation sites is 1. The Hall–Kier alpha value is -4.12. The second-order valence-electron chi connectivity index (χ2n) is 7.18. The number of hydrogen-bond acceptors (Lipinski definition) is 6. The van der Waals surface area contributed by atoms with Crippen molar-refractivity contribution in [2.75, 3.05) is 11.1 Å². The van der Waals surface area contributed by atoms with Crippen molar-refractivity contribution in [3.05, 3.63) is 72.2 Å². The highest BCUT2D eigenvalue weighted by Gasteiger charge is 2.12. The van der Waals surface area contributed by atoms with Gasteiger partial charge in [0.25, 0.3) is 5.91 Å². The molecule has 0 unspecified atom stereocenters. The van der Waals surface area contributed by atoms with Crippen LogP contribution in [0.25, 0.3) is 10.9 Å². The maximum Gasteiger partial charge on any atom is 0.269 e. The van der Waals surface area contributed by atoms with Crippen molar-refractivity contribution in [3.63, 3.8) is 0 Å². The lowest BCUT2D eigenvalue weighted by molar-refractivity contribution is -0.121. The van der Waals surface area contributed by atoms with E-state index in [0.717, 1.165) is 16.5 Å². The number of aromatic amines is 1. The first-order valence-electron chi connectivity index (χ1n) is 10.0. The second kappa shape index (κ2) is 10.0. The van der Waals surface area contributed by atoms with Crippen LogP contribution in [0.15, 0.2) is 66.2 Å². The van der Waals surface area contributed by atoms with Crippen LogP contribution >= 0.6 is 11.8 Å². The zero-order chi connectivity index (χ0) is 23.2. The van der Waals surface area contributed by atoms with Crippen LogP contribution in [0.3, 0.4) is 0 Å². The summed E-state index contributed by atoms with van der Waals surface area (Å²) in [7, 11) is 1.79. The van der Waals surface area contributed by atoms with E-state index in [1.165, 1.54) is 17.8 Å². The molecule has 0 spiro atoms. The van der Waals surface area contributed by atoms with Crippen molar-refractivity contribution >= 4 is 46.1 Å². The van der Waals surface area contributed by atoms with Crippen LogP contribution in [0.1, 0.15) is 15.9 Å². The molecule has 11 heteroatoms. The summed E-state index contributed by atoms with van der Waals surface area (Å²) in [5.41, 5.74) is 7.37. The number of nitrogens with one attached hydrogen (secondary N) is 4.